The lowest BCUT2D eigenvalue weighted by Crippen LogP contribution is -2.14. The van der Waals surface area contributed by atoms with Gasteiger partial charge in [0, 0.05) is 11.1 Å². The lowest BCUT2D eigenvalue weighted by molar-refractivity contribution is 0.653. The highest BCUT2D eigenvalue weighted by Gasteiger charge is 2.13. The first-order chi connectivity index (χ1) is 8.21. The standard InChI is InChI=1S/C13H16N2OS/c1-4-9(5-2)11-7-10-12(17-11)14-8-15(6-3)13(10)16/h6-9H,3-5H2,1-2H3. The number of nitrogens with zero attached hydrogens (tertiary/aromatic N) is 2. The van der Waals surface area contributed by atoms with Gasteiger partial charge in [-0.15, -0.1) is 11.3 Å². The van der Waals surface area contributed by atoms with Crippen molar-refractivity contribution in [2.45, 2.75) is 32.6 Å². The summed E-state index contributed by atoms with van der Waals surface area (Å²) in [5.41, 5.74) is -0.0292. The summed E-state index contributed by atoms with van der Waals surface area (Å²) >= 11 is 1.63. The molecular formula is C13H16N2OS. The van der Waals surface area contributed by atoms with Crippen LogP contribution in [-0.2, 0) is 0 Å². The monoisotopic (exact) mass is 248 g/mol. The second kappa shape index (κ2) is 4.84. The molecule has 2 rings (SSSR count). The summed E-state index contributed by atoms with van der Waals surface area (Å²) in [6, 6.07) is 1.99. The highest BCUT2D eigenvalue weighted by Crippen LogP contribution is 2.31. The van der Waals surface area contributed by atoms with Gasteiger partial charge in [-0.2, -0.15) is 0 Å². The fraction of sp³-hybridized carbons (Fsp3) is 0.385. The van der Waals surface area contributed by atoms with Crippen LogP contribution < -0.4 is 5.56 Å². The molecule has 0 saturated carbocycles. The Morgan fingerprint density at radius 2 is 2.24 bits per heavy atom. The summed E-state index contributed by atoms with van der Waals surface area (Å²) in [7, 11) is 0. The molecule has 0 aromatic carbocycles. The second-order valence-corrected chi connectivity index (χ2v) is 5.08. The maximum absolute atomic E-state index is 12.0. The van der Waals surface area contributed by atoms with E-state index in [1.165, 1.54) is 22.0 Å². The fourth-order valence-electron chi connectivity index (χ4n) is 1.98. The summed E-state index contributed by atoms with van der Waals surface area (Å²) in [4.78, 5) is 18.4. The van der Waals surface area contributed by atoms with E-state index < -0.39 is 0 Å². The van der Waals surface area contributed by atoms with Gasteiger partial charge in [0.05, 0.1) is 5.39 Å². The van der Waals surface area contributed by atoms with Crippen molar-refractivity contribution in [3.8, 4) is 0 Å². The van der Waals surface area contributed by atoms with Crippen LogP contribution in [0.25, 0.3) is 16.4 Å². The first-order valence-electron chi connectivity index (χ1n) is 5.84. The predicted octanol–water partition coefficient (Wildman–Crippen LogP) is 3.46. The van der Waals surface area contributed by atoms with E-state index in [0.29, 0.717) is 11.3 Å². The molecule has 2 aromatic rings. The fourth-order valence-corrected chi connectivity index (χ4v) is 3.23. The Kier molecular flexibility index (Phi) is 3.43. The highest BCUT2D eigenvalue weighted by atomic mass is 32.1. The van der Waals surface area contributed by atoms with Crippen LogP contribution in [-0.4, -0.2) is 9.55 Å². The highest BCUT2D eigenvalue weighted by molar-refractivity contribution is 7.18. The van der Waals surface area contributed by atoms with Crippen molar-refractivity contribution in [3.63, 3.8) is 0 Å². The second-order valence-electron chi connectivity index (χ2n) is 4.02. The van der Waals surface area contributed by atoms with E-state index in [1.54, 1.807) is 11.3 Å². The lowest BCUT2D eigenvalue weighted by atomic mass is 10.0. The summed E-state index contributed by atoms with van der Waals surface area (Å²) in [5, 5.41) is 0.708. The average Bonchev–Trinajstić information content (AvgIpc) is 2.76. The molecule has 2 aromatic heterocycles. The van der Waals surface area contributed by atoms with Gasteiger partial charge in [-0.1, -0.05) is 20.4 Å². The number of fused-ring (bicyclic) bond motifs is 1. The molecule has 3 nitrogen and oxygen atoms in total. The third-order valence-electron chi connectivity index (χ3n) is 3.08. The average molecular weight is 248 g/mol. The van der Waals surface area contributed by atoms with Gasteiger partial charge in [0.1, 0.15) is 11.2 Å². The SMILES string of the molecule is C=Cn1cnc2sc(C(CC)CC)cc2c1=O. The molecule has 0 aliphatic heterocycles. The van der Waals surface area contributed by atoms with Gasteiger partial charge >= 0.3 is 0 Å². The van der Waals surface area contributed by atoms with Gasteiger partial charge in [-0.3, -0.25) is 9.36 Å². The van der Waals surface area contributed by atoms with Crippen LogP contribution in [0.4, 0.5) is 0 Å². The quantitative estimate of drug-likeness (QED) is 0.830. The molecule has 17 heavy (non-hydrogen) atoms. The van der Waals surface area contributed by atoms with Crippen molar-refractivity contribution in [1.82, 2.24) is 9.55 Å². The van der Waals surface area contributed by atoms with Crippen molar-refractivity contribution >= 4 is 27.8 Å². The van der Waals surface area contributed by atoms with Gasteiger partial charge in [0.15, 0.2) is 0 Å². The minimum Gasteiger partial charge on any atom is -0.274 e. The van der Waals surface area contributed by atoms with Crippen molar-refractivity contribution < 1.29 is 0 Å². The zero-order chi connectivity index (χ0) is 12.4. The van der Waals surface area contributed by atoms with E-state index in [2.05, 4.69) is 25.4 Å². The maximum atomic E-state index is 12.0. The topological polar surface area (TPSA) is 34.9 Å². The summed E-state index contributed by atoms with van der Waals surface area (Å²) in [6.07, 6.45) is 5.21. The van der Waals surface area contributed by atoms with Crippen molar-refractivity contribution in [3.05, 3.63) is 34.2 Å². The minimum atomic E-state index is -0.0292. The van der Waals surface area contributed by atoms with Crippen LogP contribution >= 0.6 is 11.3 Å². The Morgan fingerprint density at radius 1 is 1.53 bits per heavy atom. The molecule has 4 heteroatoms. The van der Waals surface area contributed by atoms with Crippen LogP contribution in [0.1, 0.15) is 37.5 Å². The Bertz CT molecular complexity index is 593. The van der Waals surface area contributed by atoms with Gasteiger partial charge < -0.3 is 0 Å². The van der Waals surface area contributed by atoms with E-state index in [4.69, 9.17) is 0 Å². The minimum absolute atomic E-state index is 0.0292. The summed E-state index contributed by atoms with van der Waals surface area (Å²) < 4.78 is 1.42. The smallest absolute Gasteiger partial charge is 0.266 e. The van der Waals surface area contributed by atoms with Crippen LogP contribution in [0.3, 0.4) is 0 Å². The number of hydrogen-bond acceptors (Lipinski definition) is 3. The molecule has 0 aliphatic carbocycles. The molecular weight excluding hydrogens is 232 g/mol. The maximum Gasteiger partial charge on any atom is 0.266 e. The molecule has 0 atom stereocenters. The number of rotatable bonds is 4. The van der Waals surface area contributed by atoms with Crippen LogP contribution in [0.2, 0.25) is 0 Å². The molecule has 90 valence electrons. The molecule has 0 unspecified atom stereocenters. The number of aromatic nitrogens is 2. The third-order valence-corrected chi connectivity index (χ3v) is 4.29. The predicted molar refractivity (Wildman–Crippen MR) is 73.6 cm³/mol. The van der Waals surface area contributed by atoms with Crippen molar-refractivity contribution in [2.75, 3.05) is 0 Å². The number of thiophene rings is 1. The summed E-state index contributed by atoms with van der Waals surface area (Å²) in [6.45, 7) is 7.95. The Labute approximate surface area is 104 Å². The first-order valence-corrected chi connectivity index (χ1v) is 6.66. The Morgan fingerprint density at radius 3 is 2.82 bits per heavy atom. The van der Waals surface area contributed by atoms with Crippen LogP contribution in [0, 0.1) is 0 Å². The largest absolute Gasteiger partial charge is 0.274 e. The van der Waals surface area contributed by atoms with Gasteiger partial charge in [0.2, 0.25) is 0 Å². The molecule has 2 heterocycles. The van der Waals surface area contributed by atoms with Gasteiger partial charge in [0.25, 0.3) is 5.56 Å². The molecule has 0 bridgehead atoms. The molecule has 0 aliphatic rings. The zero-order valence-electron chi connectivity index (χ0n) is 10.1. The molecule has 0 spiro atoms. The van der Waals surface area contributed by atoms with Crippen molar-refractivity contribution in [2.24, 2.45) is 0 Å². The summed E-state index contributed by atoms with van der Waals surface area (Å²) in [5.74, 6) is 0.533. The van der Waals surface area contributed by atoms with E-state index >= 15 is 0 Å². The van der Waals surface area contributed by atoms with Crippen LogP contribution in [0.5, 0.6) is 0 Å². The Balaban J connectivity index is 2.61. The number of hydrogen-bond donors (Lipinski definition) is 0. The van der Waals surface area contributed by atoms with Crippen molar-refractivity contribution in [1.29, 1.82) is 0 Å². The lowest BCUT2D eigenvalue weighted by Gasteiger charge is -2.07. The zero-order valence-corrected chi connectivity index (χ0v) is 11.0. The van der Waals surface area contributed by atoms with E-state index in [1.807, 2.05) is 6.07 Å². The first kappa shape index (κ1) is 12.0. The normalized spacial score (nSPS) is 11.2. The van der Waals surface area contributed by atoms with E-state index in [-0.39, 0.29) is 5.56 Å². The molecule has 0 fully saturated rings. The third kappa shape index (κ3) is 2.05. The molecule has 0 saturated heterocycles. The van der Waals surface area contributed by atoms with E-state index in [9.17, 15) is 4.79 Å². The van der Waals surface area contributed by atoms with Gasteiger partial charge in [-0.05, 0) is 24.8 Å². The molecule has 0 radical (unpaired) electrons. The Hall–Kier alpha value is -1.42. The van der Waals surface area contributed by atoms with E-state index in [0.717, 1.165) is 17.7 Å². The molecule has 0 amide bonds. The molecule has 0 N–H and O–H groups in total. The van der Waals surface area contributed by atoms with Gasteiger partial charge in [-0.25, -0.2) is 4.98 Å². The van der Waals surface area contributed by atoms with Crippen LogP contribution in [0.15, 0.2) is 23.8 Å².